The quantitative estimate of drug-likeness (QED) is 0.210. The summed E-state index contributed by atoms with van der Waals surface area (Å²) in [5, 5.41) is 31.2. The number of phenols is 1. The van der Waals surface area contributed by atoms with E-state index >= 15 is 0 Å². The van der Waals surface area contributed by atoms with E-state index in [1.54, 1.807) is 0 Å². The van der Waals surface area contributed by atoms with E-state index in [9.17, 15) is 29.1 Å². The van der Waals surface area contributed by atoms with Crippen LogP contribution in [0.5, 0.6) is 5.75 Å². The first-order chi connectivity index (χ1) is 14.1. The number of aromatic hydroxyl groups is 1. The lowest BCUT2D eigenvalue weighted by Crippen LogP contribution is -2.49. The summed E-state index contributed by atoms with van der Waals surface area (Å²) in [6.07, 6.45) is -0.385. The van der Waals surface area contributed by atoms with E-state index in [1.165, 1.54) is 24.3 Å². The van der Waals surface area contributed by atoms with Crippen LogP contribution in [0.4, 0.5) is 0 Å². The zero-order valence-corrected chi connectivity index (χ0v) is 16.7. The van der Waals surface area contributed by atoms with Crippen molar-refractivity contribution in [3.63, 3.8) is 0 Å². The summed E-state index contributed by atoms with van der Waals surface area (Å²) in [5.41, 5.74) is 5.69. The monoisotopic (exact) mass is 441 g/mol. The third-order valence-corrected chi connectivity index (χ3v) is 4.81. The highest BCUT2D eigenvalue weighted by molar-refractivity contribution is 8.00. The lowest BCUT2D eigenvalue weighted by Gasteiger charge is -2.18. The molecule has 0 bridgehead atoms. The zero-order valence-electron chi connectivity index (χ0n) is 15.9. The average Bonchev–Trinajstić information content (AvgIpc) is 2.69. The Morgan fingerprint density at radius 2 is 1.70 bits per heavy atom. The molecule has 0 saturated heterocycles. The number of Topliss-reactive ketones (excluding diaryl/α,β-unsaturated/α-hetero) is 1. The number of thioether (sulfide) groups is 1. The van der Waals surface area contributed by atoms with Crippen molar-refractivity contribution in [3.05, 3.63) is 29.8 Å². The van der Waals surface area contributed by atoms with Gasteiger partial charge in [0.15, 0.2) is 5.78 Å². The van der Waals surface area contributed by atoms with E-state index in [0.29, 0.717) is 5.56 Å². The largest absolute Gasteiger partial charge is 0.508 e. The molecule has 12 heteroatoms. The minimum atomic E-state index is -1.27. The Hall–Kier alpha value is -3.12. The molecule has 0 aliphatic carbocycles. The molecule has 0 saturated carbocycles. The van der Waals surface area contributed by atoms with Crippen LogP contribution in [0.15, 0.2) is 24.3 Å². The smallest absolute Gasteiger partial charge is 0.322 e. The van der Waals surface area contributed by atoms with E-state index in [-0.39, 0.29) is 35.9 Å². The van der Waals surface area contributed by atoms with Gasteiger partial charge in [0, 0.05) is 17.7 Å². The maximum atomic E-state index is 12.2. The molecule has 0 fully saturated rings. The molecule has 0 spiro atoms. The Morgan fingerprint density at radius 3 is 2.27 bits per heavy atom. The number of phenolic OH excluding ortho intramolecular Hbond substituents is 1. The van der Waals surface area contributed by atoms with E-state index in [1.807, 2.05) is 0 Å². The Bertz CT molecular complexity index is 784. The molecule has 1 rings (SSSR count). The first-order valence-corrected chi connectivity index (χ1v) is 9.92. The van der Waals surface area contributed by atoms with Gasteiger partial charge in [-0.1, -0.05) is 0 Å². The van der Waals surface area contributed by atoms with Gasteiger partial charge in [-0.25, -0.2) is 0 Å². The van der Waals surface area contributed by atoms with Crippen molar-refractivity contribution in [1.29, 1.82) is 0 Å². The van der Waals surface area contributed by atoms with Crippen LogP contribution < -0.4 is 16.4 Å². The molecule has 0 aliphatic rings. The number of nitrogens with one attached hydrogen (secondary N) is 2. The fraction of sp³-hybridized carbons (Fsp3) is 0.389. The topological polar surface area (TPSA) is 196 Å². The van der Waals surface area contributed by atoms with Gasteiger partial charge in [-0.05, 0) is 30.7 Å². The normalized spacial score (nSPS) is 12.4. The van der Waals surface area contributed by atoms with Crippen molar-refractivity contribution in [1.82, 2.24) is 10.6 Å². The predicted octanol–water partition coefficient (Wildman–Crippen LogP) is -0.814. The molecule has 30 heavy (non-hydrogen) atoms. The Labute approximate surface area is 176 Å². The van der Waals surface area contributed by atoms with Crippen LogP contribution in [0, 0.1) is 0 Å². The highest BCUT2D eigenvalue weighted by atomic mass is 32.2. The van der Waals surface area contributed by atoms with Gasteiger partial charge in [-0.2, -0.15) is 11.8 Å². The molecule has 0 radical (unpaired) electrons. The minimum absolute atomic E-state index is 0.0136. The highest BCUT2D eigenvalue weighted by Gasteiger charge is 2.23. The van der Waals surface area contributed by atoms with Crippen molar-refractivity contribution < 1.29 is 39.3 Å². The van der Waals surface area contributed by atoms with Gasteiger partial charge < -0.3 is 31.7 Å². The lowest BCUT2D eigenvalue weighted by molar-refractivity contribution is -0.139. The van der Waals surface area contributed by atoms with Crippen molar-refractivity contribution in [2.75, 3.05) is 18.1 Å². The maximum Gasteiger partial charge on any atom is 0.322 e. The van der Waals surface area contributed by atoms with Gasteiger partial charge in [0.05, 0.1) is 5.75 Å². The van der Waals surface area contributed by atoms with Gasteiger partial charge in [-0.3, -0.25) is 24.0 Å². The number of hydrogen-bond donors (Lipinski definition) is 6. The third-order valence-electron chi connectivity index (χ3n) is 3.77. The van der Waals surface area contributed by atoms with Gasteiger partial charge >= 0.3 is 11.9 Å². The Balaban J connectivity index is 2.63. The van der Waals surface area contributed by atoms with Crippen LogP contribution in [0.25, 0.3) is 0 Å². The number of hydrogen-bond acceptors (Lipinski definition) is 8. The third kappa shape index (κ3) is 9.39. The molecular weight excluding hydrogens is 418 g/mol. The summed E-state index contributed by atoms with van der Waals surface area (Å²) < 4.78 is 0. The summed E-state index contributed by atoms with van der Waals surface area (Å²) in [7, 11) is 0. The molecule has 1 unspecified atom stereocenters. The number of ketones is 1. The van der Waals surface area contributed by atoms with Gasteiger partial charge in [-0.15, -0.1) is 0 Å². The van der Waals surface area contributed by atoms with Gasteiger partial charge in [0.1, 0.15) is 24.4 Å². The number of carbonyl (C=O) groups excluding carboxylic acids is 3. The van der Waals surface area contributed by atoms with Crippen molar-refractivity contribution in [2.24, 2.45) is 5.73 Å². The summed E-state index contributed by atoms with van der Waals surface area (Å²) in [5.74, 6) is -4.20. The van der Waals surface area contributed by atoms with Crippen LogP contribution >= 0.6 is 11.8 Å². The van der Waals surface area contributed by atoms with Crippen LogP contribution in [0.2, 0.25) is 0 Å². The molecule has 11 nitrogen and oxygen atoms in total. The molecule has 164 valence electrons. The first-order valence-electron chi connectivity index (χ1n) is 8.77. The molecule has 7 N–H and O–H groups in total. The molecule has 0 aromatic heterocycles. The number of carbonyl (C=O) groups is 5. The number of benzene rings is 1. The number of aliphatic carboxylic acids is 2. The molecule has 0 aliphatic heterocycles. The van der Waals surface area contributed by atoms with Crippen LogP contribution in [-0.2, 0) is 19.2 Å². The second-order valence-electron chi connectivity index (χ2n) is 6.20. The molecule has 2 atom stereocenters. The van der Waals surface area contributed by atoms with Crippen molar-refractivity contribution >= 4 is 41.3 Å². The number of nitrogens with two attached hydrogens (primary N) is 1. The lowest BCUT2D eigenvalue weighted by atomic mass is 10.1. The van der Waals surface area contributed by atoms with Gasteiger partial charge in [0.2, 0.25) is 11.8 Å². The molecule has 1 aromatic rings. The van der Waals surface area contributed by atoms with Crippen molar-refractivity contribution in [2.45, 2.75) is 24.9 Å². The van der Waals surface area contributed by atoms with Crippen LogP contribution in [0.1, 0.15) is 23.2 Å². The summed E-state index contributed by atoms with van der Waals surface area (Å²) in [6, 6.07) is 3.26. The van der Waals surface area contributed by atoms with E-state index in [0.717, 1.165) is 11.8 Å². The maximum absolute atomic E-state index is 12.2. The summed E-state index contributed by atoms with van der Waals surface area (Å²) in [6.45, 7) is -0.647. The number of rotatable bonds is 13. The average molecular weight is 441 g/mol. The first kappa shape index (κ1) is 24.9. The van der Waals surface area contributed by atoms with Crippen LogP contribution in [-0.4, -0.2) is 75.0 Å². The zero-order chi connectivity index (χ0) is 22.7. The van der Waals surface area contributed by atoms with Crippen molar-refractivity contribution in [3.8, 4) is 5.75 Å². The predicted molar refractivity (Wildman–Crippen MR) is 107 cm³/mol. The van der Waals surface area contributed by atoms with E-state index < -0.39 is 42.4 Å². The second kappa shape index (κ2) is 12.4. The molecule has 1 aromatic carbocycles. The van der Waals surface area contributed by atoms with Gasteiger partial charge in [0.25, 0.3) is 0 Å². The SMILES string of the molecule is N[C@@H](CCC(=O)NC(CSCC(=O)c1ccc(O)cc1)C(=O)NCC(=O)O)C(=O)O. The van der Waals surface area contributed by atoms with E-state index in [4.69, 9.17) is 15.9 Å². The molecule has 2 amide bonds. The minimum Gasteiger partial charge on any atom is -0.508 e. The summed E-state index contributed by atoms with van der Waals surface area (Å²) in [4.78, 5) is 57.7. The number of carboxylic acids is 2. The second-order valence-corrected chi connectivity index (χ2v) is 7.23. The van der Waals surface area contributed by atoms with E-state index in [2.05, 4.69) is 10.6 Å². The fourth-order valence-electron chi connectivity index (χ4n) is 2.15. The number of amides is 2. The van der Waals surface area contributed by atoms with Crippen LogP contribution in [0.3, 0.4) is 0 Å². The number of carboxylic acid groups (broad SMARTS) is 2. The standard InChI is InChI=1S/C18H23N3O8S/c19-12(18(28)29)5-6-15(24)21-13(17(27)20-7-16(25)26)8-30-9-14(23)10-1-3-11(22)4-2-10/h1-4,12-13,22H,5-9,19H2,(H,20,27)(H,21,24)(H,25,26)(H,28,29)/t12-,13?/m0/s1. The highest BCUT2D eigenvalue weighted by Crippen LogP contribution is 2.13. The fourth-order valence-corrected chi connectivity index (χ4v) is 3.09. The molecule has 0 heterocycles. The summed E-state index contributed by atoms with van der Waals surface area (Å²) >= 11 is 1.05. The molecular formula is C18H23N3O8S. The Kier molecular flexibility index (Phi) is 10.3. The Morgan fingerprint density at radius 1 is 1.07 bits per heavy atom.